The number of aromatic nitrogens is 2. The number of aromatic amines is 1. The van der Waals surface area contributed by atoms with Gasteiger partial charge >= 0.3 is 5.97 Å². The van der Waals surface area contributed by atoms with Crippen LogP contribution >= 0.6 is 0 Å². The fourth-order valence-corrected chi connectivity index (χ4v) is 4.26. The summed E-state index contributed by atoms with van der Waals surface area (Å²) in [7, 11) is 3.14. The van der Waals surface area contributed by atoms with Crippen LogP contribution in [0.3, 0.4) is 0 Å². The minimum absolute atomic E-state index is 0.0418. The number of H-pyrrole nitrogens is 1. The van der Waals surface area contributed by atoms with Crippen LogP contribution in [-0.2, 0) is 9.63 Å². The summed E-state index contributed by atoms with van der Waals surface area (Å²) >= 11 is 0. The molecule has 37 heavy (non-hydrogen) atoms. The fraction of sp³-hybridized carbons (Fsp3) is 0.393. The smallest absolute Gasteiger partial charge is 0.383 e. The number of amides is 1. The lowest BCUT2D eigenvalue weighted by atomic mass is 9.89. The highest BCUT2D eigenvalue weighted by molar-refractivity contribution is 6.02. The van der Waals surface area contributed by atoms with Crippen molar-refractivity contribution in [1.82, 2.24) is 20.6 Å². The van der Waals surface area contributed by atoms with Gasteiger partial charge in [-0.3, -0.25) is 9.89 Å². The van der Waals surface area contributed by atoms with Gasteiger partial charge in [0.1, 0.15) is 11.5 Å². The molecular weight excluding hydrogens is 472 g/mol. The molecule has 1 aromatic heterocycles. The number of ether oxygens (including phenoxy) is 2. The third-order valence-corrected chi connectivity index (χ3v) is 6.30. The molecule has 0 radical (unpaired) electrons. The molecule has 2 aromatic carbocycles. The van der Waals surface area contributed by atoms with Crippen molar-refractivity contribution in [2.45, 2.75) is 40.0 Å². The van der Waals surface area contributed by atoms with Crippen molar-refractivity contribution in [2.24, 2.45) is 0 Å². The Balaban J connectivity index is 2.04. The molecular formula is C28H36N4O5. The lowest BCUT2D eigenvalue weighted by Gasteiger charge is -2.17. The Labute approximate surface area is 218 Å². The molecule has 0 aliphatic heterocycles. The van der Waals surface area contributed by atoms with Gasteiger partial charge in [0.25, 0.3) is 5.91 Å². The number of rotatable bonds is 11. The predicted molar refractivity (Wildman–Crippen MR) is 143 cm³/mol. The van der Waals surface area contributed by atoms with E-state index in [1.165, 1.54) is 0 Å². The number of nitrogens with one attached hydrogen (secondary N) is 2. The molecule has 0 aliphatic rings. The molecule has 0 bridgehead atoms. The quantitative estimate of drug-likeness (QED) is 0.358. The van der Waals surface area contributed by atoms with E-state index in [1.54, 1.807) is 14.2 Å². The van der Waals surface area contributed by atoms with Crippen LogP contribution in [0, 0.1) is 0 Å². The molecule has 1 amide bonds. The van der Waals surface area contributed by atoms with E-state index in [0.717, 1.165) is 24.2 Å². The van der Waals surface area contributed by atoms with Gasteiger partial charge < -0.3 is 19.2 Å². The second kappa shape index (κ2) is 12.9. The molecule has 3 rings (SSSR count). The second-order valence-electron chi connectivity index (χ2n) is 8.79. The topological polar surface area (TPSA) is 106 Å². The van der Waals surface area contributed by atoms with Crippen molar-refractivity contribution in [1.29, 1.82) is 0 Å². The third kappa shape index (κ3) is 6.29. The van der Waals surface area contributed by atoms with Gasteiger partial charge in [0, 0.05) is 18.5 Å². The molecule has 9 nitrogen and oxygen atoms in total. The zero-order valence-electron chi connectivity index (χ0n) is 22.4. The summed E-state index contributed by atoms with van der Waals surface area (Å²) in [6.07, 6.45) is 0.211. The highest BCUT2D eigenvalue weighted by atomic mass is 16.7. The van der Waals surface area contributed by atoms with Crippen LogP contribution in [0.25, 0.3) is 22.4 Å². The molecule has 0 saturated carbocycles. The van der Waals surface area contributed by atoms with Gasteiger partial charge in [-0.2, -0.15) is 10.6 Å². The van der Waals surface area contributed by atoms with Crippen LogP contribution in [0.4, 0.5) is 0 Å². The molecule has 1 heterocycles. The number of methoxy groups -OCH3 is 2. The fourth-order valence-electron chi connectivity index (χ4n) is 4.26. The summed E-state index contributed by atoms with van der Waals surface area (Å²) in [5, 5.41) is 7.33. The first-order valence-electron chi connectivity index (χ1n) is 12.5. The summed E-state index contributed by atoms with van der Waals surface area (Å²) in [6.45, 7) is 10.5. The van der Waals surface area contributed by atoms with Crippen molar-refractivity contribution in [3.05, 3.63) is 53.7 Å². The van der Waals surface area contributed by atoms with Crippen molar-refractivity contribution < 1.29 is 23.9 Å². The van der Waals surface area contributed by atoms with E-state index < -0.39 is 5.97 Å². The normalized spacial score (nSPS) is 11.0. The molecule has 3 aromatic rings. The minimum atomic E-state index is -0.777. The average Bonchev–Trinajstić information content (AvgIpc) is 3.36. The SMILES string of the molecule is CCN(CC)CCC(=O)NOC(=O)c1n[nH]c(-c2c(OC)cccc2OC)c1-c1ccccc1C(C)C. The Morgan fingerprint density at radius 2 is 1.62 bits per heavy atom. The number of hydroxylamine groups is 1. The van der Waals surface area contributed by atoms with Crippen molar-refractivity contribution in [3.63, 3.8) is 0 Å². The average molecular weight is 509 g/mol. The first-order chi connectivity index (χ1) is 17.9. The van der Waals surface area contributed by atoms with Crippen molar-refractivity contribution >= 4 is 11.9 Å². The Morgan fingerprint density at radius 3 is 2.22 bits per heavy atom. The van der Waals surface area contributed by atoms with E-state index in [4.69, 9.17) is 14.3 Å². The van der Waals surface area contributed by atoms with E-state index in [0.29, 0.717) is 34.9 Å². The Kier molecular flexibility index (Phi) is 9.68. The van der Waals surface area contributed by atoms with Crippen molar-refractivity contribution in [3.8, 4) is 33.9 Å². The third-order valence-electron chi connectivity index (χ3n) is 6.30. The van der Waals surface area contributed by atoms with Crippen LogP contribution < -0.4 is 15.0 Å². The van der Waals surface area contributed by atoms with Crippen LogP contribution in [0.5, 0.6) is 11.5 Å². The summed E-state index contributed by atoms with van der Waals surface area (Å²) in [5.74, 6) is 0.113. The zero-order chi connectivity index (χ0) is 26.9. The summed E-state index contributed by atoms with van der Waals surface area (Å²) in [6, 6.07) is 13.3. The van der Waals surface area contributed by atoms with Crippen LogP contribution in [-0.4, -0.2) is 60.8 Å². The molecule has 0 saturated heterocycles. The summed E-state index contributed by atoms with van der Waals surface area (Å²) < 4.78 is 11.2. The molecule has 0 aliphatic carbocycles. The maximum Gasteiger partial charge on any atom is 0.383 e. The van der Waals surface area contributed by atoms with Gasteiger partial charge in [-0.25, -0.2) is 4.79 Å². The van der Waals surface area contributed by atoms with E-state index in [1.807, 2.05) is 56.3 Å². The predicted octanol–water partition coefficient (Wildman–Crippen LogP) is 4.80. The van der Waals surface area contributed by atoms with E-state index >= 15 is 0 Å². The second-order valence-corrected chi connectivity index (χ2v) is 8.79. The van der Waals surface area contributed by atoms with Gasteiger partial charge in [-0.05, 0) is 42.3 Å². The molecule has 2 N–H and O–H groups in total. The molecule has 0 fully saturated rings. The van der Waals surface area contributed by atoms with E-state index in [-0.39, 0.29) is 23.9 Å². The number of carbonyl (C=O) groups excluding carboxylic acids is 2. The van der Waals surface area contributed by atoms with Crippen LogP contribution in [0.2, 0.25) is 0 Å². The number of hydrogen-bond donors (Lipinski definition) is 2. The number of nitrogens with zero attached hydrogens (tertiary/aromatic N) is 2. The molecule has 0 atom stereocenters. The zero-order valence-corrected chi connectivity index (χ0v) is 22.4. The molecule has 0 unspecified atom stereocenters. The largest absolute Gasteiger partial charge is 0.496 e. The van der Waals surface area contributed by atoms with Gasteiger partial charge in [0.2, 0.25) is 0 Å². The first kappa shape index (κ1) is 27.7. The van der Waals surface area contributed by atoms with E-state index in [9.17, 15) is 9.59 Å². The Hall–Kier alpha value is -3.85. The number of hydrogen-bond acceptors (Lipinski definition) is 7. The molecule has 9 heteroatoms. The number of benzene rings is 2. The Bertz CT molecular complexity index is 1190. The van der Waals surface area contributed by atoms with Crippen LogP contribution in [0.1, 0.15) is 56.1 Å². The first-order valence-corrected chi connectivity index (χ1v) is 12.5. The van der Waals surface area contributed by atoms with Gasteiger partial charge in [-0.15, -0.1) is 0 Å². The monoisotopic (exact) mass is 508 g/mol. The lowest BCUT2D eigenvalue weighted by molar-refractivity contribution is -0.130. The highest BCUT2D eigenvalue weighted by Crippen LogP contribution is 2.44. The highest BCUT2D eigenvalue weighted by Gasteiger charge is 2.29. The number of carbonyl (C=O) groups is 2. The minimum Gasteiger partial charge on any atom is -0.496 e. The summed E-state index contributed by atoms with van der Waals surface area (Å²) in [5.41, 5.74) is 5.86. The van der Waals surface area contributed by atoms with Gasteiger partial charge in [-0.1, -0.05) is 58.0 Å². The van der Waals surface area contributed by atoms with Crippen molar-refractivity contribution in [2.75, 3.05) is 33.9 Å². The Morgan fingerprint density at radius 1 is 0.973 bits per heavy atom. The maximum atomic E-state index is 13.2. The summed E-state index contributed by atoms with van der Waals surface area (Å²) in [4.78, 5) is 32.9. The lowest BCUT2D eigenvalue weighted by Crippen LogP contribution is -2.32. The molecule has 198 valence electrons. The van der Waals surface area contributed by atoms with Gasteiger partial charge in [0.15, 0.2) is 5.69 Å². The standard InChI is InChI=1S/C28H36N4O5/c1-7-32(8-2)17-16-23(33)31-37-28(34)27-24(20-13-10-9-12-19(20)18(3)4)26(29-30-27)25-21(35-5)14-11-15-22(25)36-6/h9-15,18H,7-8,16-17H2,1-6H3,(H,29,30)(H,31,33). The van der Waals surface area contributed by atoms with E-state index in [2.05, 4.69) is 34.4 Å². The van der Waals surface area contributed by atoms with Crippen LogP contribution in [0.15, 0.2) is 42.5 Å². The van der Waals surface area contributed by atoms with Gasteiger partial charge in [0.05, 0.1) is 25.5 Å². The maximum absolute atomic E-state index is 13.2. The molecule has 0 spiro atoms.